The van der Waals surface area contributed by atoms with E-state index in [-0.39, 0.29) is 0 Å². The number of nitrogens with zero attached hydrogens (tertiary/aromatic N) is 1. The van der Waals surface area contributed by atoms with Crippen LogP contribution >= 0.6 is 15.9 Å². The lowest BCUT2D eigenvalue weighted by atomic mass is 10.2. The minimum absolute atomic E-state index is 0.519. The molecule has 0 saturated heterocycles. The molecule has 0 fully saturated rings. The molecule has 0 unspecified atom stereocenters. The van der Waals surface area contributed by atoms with Crippen molar-refractivity contribution in [2.24, 2.45) is 4.99 Å². The number of hydrogen-bond acceptors (Lipinski definition) is 4. The molecule has 1 aromatic carbocycles. The topological polar surface area (TPSA) is 64.1 Å². The molecule has 7 heteroatoms. The lowest BCUT2D eigenvalue weighted by Gasteiger charge is -2.13. The summed E-state index contributed by atoms with van der Waals surface area (Å²) in [5.41, 5.74) is 1.02. The molecule has 0 atom stereocenters. The van der Waals surface area contributed by atoms with Gasteiger partial charge < -0.3 is 24.8 Å². The minimum Gasteiger partial charge on any atom is -0.493 e. The Morgan fingerprint density at radius 2 is 1.83 bits per heavy atom. The molecule has 6 nitrogen and oxygen atoms in total. The largest absolute Gasteiger partial charge is 0.493 e. The summed E-state index contributed by atoms with van der Waals surface area (Å²) in [6.07, 6.45) is 0. The van der Waals surface area contributed by atoms with Gasteiger partial charge >= 0.3 is 0 Å². The number of rotatable bonds is 9. The van der Waals surface area contributed by atoms with E-state index >= 15 is 0 Å². The van der Waals surface area contributed by atoms with Crippen LogP contribution in [0, 0.1) is 0 Å². The van der Waals surface area contributed by atoms with Crippen molar-refractivity contribution >= 4 is 21.9 Å². The predicted molar refractivity (Wildman–Crippen MR) is 96.6 cm³/mol. The number of halogens is 1. The van der Waals surface area contributed by atoms with Gasteiger partial charge in [-0.05, 0) is 31.5 Å². The second-order valence-corrected chi connectivity index (χ2v) is 5.47. The second-order valence-electron chi connectivity index (χ2n) is 4.62. The lowest BCUT2D eigenvalue weighted by molar-refractivity contribution is 0.152. The van der Waals surface area contributed by atoms with Gasteiger partial charge in [0.05, 0.1) is 27.4 Å². The van der Waals surface area contributed by atoms with E-state index in [0.717, 1.165) is 22.5 Å². The number of benzene rings is 1. The fraction of sp³-hybridized carbons (Fsp3) is 0.562. The molecule has 0 spiro atoms. The summed E-state index contributed by atoms with van der Waals surface area (Å²) in [4.78, 5) is 4.59. The van der Waals surface area contributed by atoms with Crippen LogP contribution in [0.2, 0.25) is 0 Å². The highest BCUT2D eigenvalue weighted by molar-refractivity contribution is 9.10. The molecule has 0 aliphatic rings. The molecule has 0 heterocycles. The monoisotopic (exact) mass is 387 g/mol. The first-order chi connectivity index (χ1) is 11.2. The Morgan fingerprint density at radius 1 is 1.13 bits per heavy atom. The smallest absolute Gasteiger partial charge is 0.191 e. The Labute approximate surface area is 146 Å². The Morgan fingerprint density at radius 3 is 2.43 bits per heavy atom. The van der Waals surface area contributed by atoms with Gasteiger partial charge in [-0.2, -0.15) is 0 Å². The first-order valence-electron chi connectivity index (χ1n) is 7.66. The molecule has 0 amide bonds. The summed E-state index contributed by atoms with van der Waals surface area (Å²) in [5.74, 6) is 2.14. The average molecular weight is 388 g/mol. The first kappa shape index (κ1) is 19.6. The van der Waals surface area contributed by atoms with Crippen molar-refractivity contribution in [3.05, 3.63) is 22.2 Å². The van der Waals surface area contributed by atoms with E-state index in [1.54, 1.807) is 14.2 Å². The SMILES string of the molecule is CCNC(=NCc1cc(OC)c(OC)cc1Br)NCCOCC. The van der Waals surface area contributed by atoms with Crippen molar-refractivity contribution in [1.82, 2.24) is 10.6 Å². The lowest BCUT2D eigenvalue weighted by Crippen LogP contribution is -2.39. The maximum Gasteiger partial charge on any atom is 0.191 e. The van der Waals surface area contributed by atoms with Crippen LogP contribution in [0.25, 0.3) is 0 Å². The van der Waals surface area contributed by atoms with Crippen LogP contribution in [0.3, 0.4) is 0 Å². The van der Waals surface area contributed by atoms with Gasteiger partial charge in [0.1, 0.15) is 0 Å². The molecule has 0 aromatic heterocycles. The van der Waals surface area contributed by atoms with Crippen molar-refractivity contribution < 1.29 is 14.2 Å². The van der Waals surface area contributed by atoms with Crippen molar-refractivity contribution in [2.45, 2.75) is 20.4 Å². The fourth-order valence-corrected chi connectivity index (χ4v) is 2.36. The summed E-state index contributed by atoms with van der Waals surface area (Å²) in [6, 6.07) is 3.81. The van der Waals surface area contributed by atoms with E-state index in [0.29, 0.717) is 37.8 Å². The molecule has 1 rings (SSSR count). The average Bonchev–Trinajstić information content (AvgIpc) is 2.56. The molecule has 130 valence electrons. The van der Waals surface area contributed by atoms with E-state index in [4.69, 9.17) is 14.2 Å². The van der Waals surface area contributed by atoms with Gasteiger partial charge in [-0.1, -0.05) is 15.9 Å². The van der Waals surface area contributed by atoms with E-state index in [9.17, 15) is 0 Å². The van der Waals surface area contributed by atoms with Crippen LogP contribution in [0.5, 0.6) is 11.5 Å². The molecule has 0 saturated carbocycles. The van der Waals surface area contributed by atoms with E-state index in [2.05, 4.69) is 31.6 Å². The number of methoxy groups -OCH3 is 2. The summed E-state index contributed by atoms with van der Waals surface area (Å²) in [5, 5.41) is 6.45. The van der Waals surface area contributed by atoms with Gasteiger partial charge in [0.15, 0.2) is 17.5 Å². The number of hydrogen-bond donors (Lipinski definition) is 2. The molecule has 0 aliphatic carbocycles. The maximum absolute atomic E-state index is 5.34. The van der Waals surface area contributed by atoms with Crippen molar-refractivity contribution in [3.8, 4) is 11.5 Å². The third-order valence-corrected chi connectivity index (χ3v) is 3.79. The normalized spacial score (nSPS) is 11.3. The van der Waals surface area contributed by atoms with Crippen LogP contribution < -0.4 is 20.1 Å². The predicted octanol–water partition coefficient (Wildman–Crippen LogP) is 2.56. The standard InChI is InChI=1S/C16H26BrN3O3/c1-5-18-16(19-7-8-23-6-2)20-11-12-9-14(21-3)15(22-4)10-13(12)17/h9-10H,5-8,11H2,1-4H3,(H2,18,19,20). The Balaban J connectivity index is 2.77. The molecule has 0 aliphatic heterocycles. The molecule has 2 N–H and O–H groups in total. The third kappa shape index (κ3) is 6.66. The van der Waals surface area contributed by atoms with E-state index in [1.807, 2.05) is 26.0 Å². The molecule has 0 radical (unpaired) electrons. The summed E-state index contributed by atoms with van der Waals surface area (Å²) in [7, 11) is 3.24. The van der Waals surface area contributed by atoms with Crippen LogP contribution in [-0.2, 0) is 11.3 Å². The van der Waals surface area contributed by atoms with Gasteiger partial charge in [-0.3, -0.25) is 0 Å². The van der Waals surface area contributed by atoms with Crippen LogP contribution in [-0.4, -0.2) is 46.5 Å². The Hall–Kier alpha value is -1.47. The Kier molecular flexibility index (Phi) is 9.47. The van der Waals surface area contributed by atoms with E-state index in [1.165, 1.54) is 0 Å². The number of ether oxygens (including phenoxy) is 3. The minimum atomic E-state index is 0.519. The van der Waals surface area contributed by atoms with Crippen molar-refractivity contribution in [1.29, 1.82) is 0 Å². The summed E-state index contributed by atoms with van der Waals surface area (Å²) >= 11 is 3.55. The first-order valence-corrected chi connectivity index (χ1v) is 8.45. The van der Waals surface area contributed by atoms with Gasteiger partial charge in [-0.25, -0.2) is 4.99 Å². The van der Waals surface area contributed by atoms with Gasteiger partial charge in [0.2, 0.25) is 0 Å². The number of aliphatic imine (C=N–C) groups is 1. The fourth-order valence-electron chi connectivity index (χ4n) is 1.91. The number of guanidine groups is 1. The molecular weight excluding hydrogens is 362 g/mol. The molecule has 0 bridgehead atoms. The van der Waals surface area contributed by atoms with Crippen LogP contribution in [0.15, 0.2) is 21.6 Å². The third-order valence-electron chi connectivity index (χ3n) is 3.05. The van der Waals surface area contributed by atoms with Gasteiger partial charge in [0, 0.05) is 24.2 Å². The van der Waals surface area contributed by atoms with Crippen molar-refractivity contribution in [2.75, 3.05) is 40.5 Å². The number of nitrogens with one attached hydrogen (secondary N) is 2. The highest BCUT2D eigenvalue weighted by Crippen LogP contribution is 2.33. The molecule has 1 aromatic rings. The highest BCUT2D eigenvalue weighted by Gasteiger charge is 2.09. The second kappa shape index (κ2) is 11.1. The zero-order valence-electron chi connectivity index (χ0n) is 14.2. The highest BCUT2D eigenvalue weighted by atomic mass is 79.9. The molecular formula is C16H26BrN3O3. The van der Waals surface area contributed by atoms with Gasteiger partial charge in [0.25, 0.3) is 0 Å². The quantitative estimate of drug-likeness (QED) is 0.387. The zero-order valence-corrected chi connectivity index (χ0v) is 15.8. The summed E-state index contributed by atoms with van der Waals surface area (Å²) in [6.45, 7) is 7.42. The zero-order chi connectivity index (χ0) is 17.1. The molecule has 23 heavy (non-hydrogen) atoms. The van der Waals surface area contributed by atoms with Crippen LogP contribution in [0.1, 0.15) is 19.4 Å². The maximum atomic E-state index is 5.34. The Bertz CT molecular complexity index is 510. The van der Waals surface area contributed by atoms with E-state index < -0.39 is 0 Å². The van der Waals surface area contributed by atoms with Crippen molar-refractivity contribution in [3.63, 3.8) is 0 Å². The van der Waals surface area contributed by atoms with Gasteiger partial charge in [-0.15, -0.1) is 0 Å². The summed E-state index contributed by atoms with van der Waals surface area (Å²) < 4.78 is 16.9. The van der Waals surface area contributed by atoms with Crippen LogP contribution in [0.4, 0.5) is 0 Å².